The first kappa shape index (κ1) is 25.2. The van der Waals surface area contributed by atoms with Crippen LogP contribution in [0.1, 0.15) is 57.7 Å². The molecule has 31 heavy (non-hydrogen) atoms. The first-order valence-electron chi connectivity index (χ1n) is 11.1. The molecule has 1 atom stereocenters. The molecule has 1 saturated heterocycles. The van der Waals surface area contributed by atoms with Crippen LogP contribution in [0.25, 0.3) is 11.1 Å². The molecule has 0 spiro atoms. The molecule has 4 heteroatoms. The molecular weight excluding hydrogens is 515 g/mol. The molecule has 5 rings (SSSR count). The molecule has 2 aliphatic carbocycles. The van der Waals surface area contributed by atoms with E-state index in [2.05, 4.69) is 83.6 Å². The number of benzene rings is 2. The number of hydrogen-bond donors (Lipinski definition) is 0. The van der Waals surface area contributed by atoms with Gasteiger partial charge in [0.2, 0.25) is 0 Å². The van der Waals surface area contributed by atoms with Crippen molar-refractivity contribution >= 4 is 11.3 Å². The molecule has 0 nitrogen and oxygen atoms in total. The fraction of sp³-hybridized carbons (Fsp3) is 0.407. The van der Waals surface area contributed by atoms with Crippen molar-refractivity contribution < 1.29 is 48.0 Å². The average molecular weight is 547 g/mol. The van der Waals surface area contributed by atoms with E-state index in [4.69, 9.17) is 0 Å². The van der Waals surface area contributed by atoms with Gasteiger partial charge in [-0.2, -0.15) is 0 Å². The van der Waals surface area contributed by atoms with E-state index in [1.54, 1.807) is 40.0 Å². The fourth-order valence-corrected chi connectivity index (χ4v) is 14.8. The van der Waals surface area contributed by atoms with Crippen molar-refractivity contribution in [3.8, 4) is 11.1 Å². The molecule has 0 amide bonds. The predicted molar refractivity (Wildman–Crippen MR) is 124 cm³/mol. The summed E-state index contributed by atoms with van der Waals surface area (Å²) >= 11 is -0.859. The van der Waals surface area contributed by atoms with Crippen molar-refractivity contribution in [3.05, 3.63) is 73.6 Å². The van der Waals surface area contributed by atoms with Gasteiger partial charge in [-0.25, -0.2) is 0 Å². The Labute approximate surface area is 213 Å². The maximum Gasteiger partial charge on any atom is -1.00 e. The Morgan fingerprint density at radius 1 is 0.871 bits per heavy atom. The second-order valence-electron chi connectivity index (χ2n) is 10.3. The molecule has 0 aromatic heterocycles. The van der Waals surface area contributed by atoms with E-state index < -0.39 is 31.3 Å². The van der Waals surface area contributed by atoms with E-state index in [1.807, 2.05) is 0 Å². The molecule has 3 aliphatic rings. The van der Waals surface area contributed by atoms with Crippen molar-refractivity contribution in [1.29, 1.82) is 0 Å². The maximum absolute atomic E-state index is 2.69. The summed E-state index contributed by atoms with van der Waals surface area (Å²) in [5, 5.41) is 0. The Hall–Kier alpha value is -0.400. The van der Waals surface area contributed by atoms with Crippen LogP contribution in [-0.4, -0.2) is 8.07 Å². The Balaban J connectivity index is 0.00000136. The number of halogens is 2. The van der Waals surface area contributed by atoms with Gasteiger partial charge in [-0.3, -0.25) is 0 Å². The maximum atomic E-state index is 2.69. The van der Waals surface area contributed by atoms with E-state index >= 15 is 0 Å². The van der Waals surface area contributed by atoms with Crippen molar-refractivity contribution in [2.45, 2.75) is 65.2 Å². The smallest absolute Gasteiger partial charge is 1.00 e. The van der Waals surface area contributed by atoms with Crippen LogP contribution in [0.4, 0.5) is 0 Å². The van der Waals surface area contributed by atoms with Crippen molar-refractivity contribution in [1.82, 2.24) is 0 Å². The first-order valence-corrected chi connectivity index (χ1v) is 16.6. The fourth-order valence-electron chi connectivity index (χ4n) is 6.10. The van der Waals surface area contributed by atoms with E-state index in [-0.39, 0.29) is 30.2 Å². The zero-order valence-electron chi connectivity index (χ0n) is 19.5. The minimum atomic E-state index is -1.23. The number of fused-ring (bicyclic) bond motifs is 3. The molecule has 162 valence electrons. The van der Waals surface area contributed by atoms with Crippen LogP contribution >= 0.6 is 0 Å². The average Bonchev–Trinajstić information content (AvgIpc) is 3.09. The van der Waals surface area contributed by atoms with Crippen molar-refractivity contribution in [3.63, 3.8) is 0 Å². The predicted octanol–water partition coefficient (Wildman–Crippen LogP) is 1.19. The summed E-state index contributed by atoms with van der Waals surface area (Å²) in [6.45, 7) is 14.7. The van der Waals surface area contributed by atoms with Crippen LogP contribution < -0.4 is 28.1 Å². The first-order chi connectivity index (χ1) is 13.8. The third kappa shape index (κ3) is 3.65. The third-order valence-electron chi connectivity index (χ3n) is 8.47. The Morgan fingerprint density at radius 3 is 2.10 bits per heavy atom. The standard InChI is InChI=1S/C17H17Si.C10H15.2ClH.Zr/c1-18(11-6-12-18)17-15-9-4-2-7-13(15)14-8-3-5-10-16(14)17;1-7-6-10(4,5)9(3)8(7)2;;;/h2-5,7-9,17H,6,11-12H2,1H3;1-5H3;2*1H;/q;;;;+2/p-2. The quantitative estimate of drug-likeness (QED) is 0.508. The molecule has 2 aromatic rings. The molecule has 0 N–H and O–H groups in total. The minimum absolute atomic E-state index is 0. The van der Waals surface area contributed by atoms with E-state index in [0.29, 0.717) is 0 Å². The third-order valence-corrected chi connectivity index (χ3v) is 18.3. The van der Waals surface area contributed by atoms with Crippen LogP contribution in [0.15, 0.2) is 62.5 Å². The van der Waals surface area contributed by atoms with Crippen LogP contribution in [0.3, 0.4) is 0 Å². The largest absolute Gasteiger partial charge is 1.00 e. The van der Waals surface area contributed by atoms with Gasteiger partial charge in [0.25, 0.3) is 0 Å². The van der Waals surface area contributed by atoms with Gasteiger partial charge in [-0.05, 0) is 0 Å². The molecule has 1 aliphatic heterocycles. The van der Waals surface area contributed by atoms with Crippen LogP contribution in [0.5, 0.6) is 0 Å². The normalized spacial score (nSPS) is 22.1. The molecular formula is C27H32Cl2SiZr. The van der Waals surface area contributed by atoms with Gasteiger partial charge in [0.05, 0.1) is 0 Å². The molecule has 0 radical (unpaired) electrons. The van der Waals surface area contributed by atoms with E-state index in [1.165, 1.54) is 24.1 Å². The molecule has 0 saturated carbocycles. The number of allylic oxidation sites excluding steroid dienone is 4. The second kappa shape index (κ2) is 8.75. The SMILES string of the molecule is CC1=C(C)C(C)(C)[C]([Zr+2][c]2cccc3c2C([Si]2(C)CCC2)c2ccccc2-3)=C1C.[Cl-].[Cl-]. The van der Waals surface area contributed by atoms with Gasteiger partial charge in [-0.1, -0.05) is 0 Å². The van der Waals surface area contributed by atoms with E-state index in [0.717, 1.165) is 5.54 Å². The van der Waals surface area contributed by atoms with E-state index in [9.17, 15) is 0 Å². The van der Waals surface area contributed by atoms with Gasteiger partial charge in [0.1, 0.15) is 0 Å². The van der Waals surface area contributed by atoms with Crippen LogP contribution in [0.2, 0.25) is 18.6 Å². The Kier molecular flexibility index (Phi) is 7.12. The summed E-state index contributed by atoms with van der Waals surface area (Å²) in [5.74, 6) is 0. The summed E-state index contributed by atoms with van der Waals surface area (Å²) in [5.41, 5.74) is 12.3. The summed E-state index contributed by atoms with van der Waals surface area (Å²) in [6, 6.07) is 19.7. The zero-order valence-corrected chi connectivity index (χ0v) is 24.5. The van der Waals surface area contributed by atoms with Crippen molar-refractivity contribution in [2.75, 3.05) is 0 Å². The molecule has 1 unspecified atom stereocenters. The number of hydrogen-bond acceptors (Lipinski definition) is 0. The van der Waals surface area contributed by atoms with Crippen molar-refractivity contribution in [2.24, 2.45) is 5.41 Å². The summed E-state index contributed by atoms with van der Waals surface area (Å²) in [6.07, 6.45) is 1.46. The minimum Gasteiger partial charge on any atom is -1.00 e. The molecule has 0 bridgehead atoms. The second-order valence-corrected chi connectivity index (χ2v) is 18.3. The van der Waals surface area contributed by atoms with Gasteiger partial charge < -0.3 is 24.8 Å². The van der Waals surface area contributed by atoms with Gasteiger partial charge in [0, 0.05) is 0 Å². The van der Waals surface area contributed by atoms with Crippen LogP contribution in [0, 0.1) is 5.41 Å². The topological polar surface area (TPSA) is 0 Å². The molecule has 2 aromatic carbocycles. The summed E-state index contributed by atoms with van der Waals surface area (Å²) < 4.78 is 3.57. The van der Waals surface area contributed by atoms with Gasteiger partial charge in [0.15, 0.2) is 0 Å². The summed E-state index contributed by atoms with van der Waals surface area (Å²) in [7, 11) is -1.23. The zero-order chi connectivity index (χ0) is 20.6. The van der Waals surface area contributed by atoms with Gasteiger partial charge in [-0.15, -0.1) is 0 Å². The Morgan fingerprint density at radius 2 is 1.52 bits per heavy atom. The van der Waals surface area contributed by atoms with Crippen LogP contribution in [-0.2, 0) is 23.2 Å². The molecule has 1 heterocycles. The monoisotopic (exact) mass is 544 g/mol. The Bertz CT molecular complexity index is 1090. The number of rotatable bonds is 3. The molecule has 1 fully saturated rings. The van der Waals surface area contributed by atoms with Gasteiger partial charge >= 0.3 is 190 Å². The summed E-state index contributed by atoms with van der Waals surface area (Å²) in [4.78, 5) is 0.